The van der Waals surface area contributed by atoms with Crippen molar-refractivity contribution >= 4 is 5.91 Å². The Morgan fingerprint density at radius 2 is 2.25 bits per heavy atom. The number of rotatable bonds is 4. The highest BCUT2D eigenvalue weighted by molar-refractivity contribution is 5.77. The topological polar surface area (TPSA) is 41.6 Å². The van der Waals surface area contributed by atoms with Crippen molar-refractivity contribution in [2.45, 2.75) is 45.3 Å². The molecule has 1 saturated heterocycles. The number of carbonyl (C=O) groups is 1. The predicted molar refractivity (Wildman–Crippen MR) is 64.4 cm³/mol. The average Bonchev–Trinajstić information content (AvgIpc) is 2.24. The Morgan fingerprint density at radius 3 is 2.81 bits per heavy atom. The minimum atomic E-state index is -0.0638. The van der Waals surface area contributed by atoms with Crippen LogP contribution < -0.4 is 5.32 Å². The lowest BCUT2D eigenvalue weighted by Gasteiger charge is -2.43. The third-order valence-electron chi connectivity index (χ3n) is 3.27. The van der Waals surface area contributed by atoms with Crippen LogP contribution in [0.5, 0.6) is 0 Å². The summed E-state index contributed by atoms with van der Waals surface area (Å²) in [4.78, 5) is 14.1. The first kappa shape index (κ1) is 13.5. The number of methoxy groups -OCH3 is 1. The molecular formula is C12H24N2O2. The highest BCUT2D eigenvalue weighted by atomic mass is 16.5. The van der Waals surface area contributed by atoms with Crippen molar-refractivity contribution in [3.05, 3.63) is 0 Å². The first-order chi connectivity index (χ1) is 7.47. The second kappa shape index (κ2) is 5.64. The molecule has 0 aromatic rings. The summed E-state index contributed by atoms with van der Waals surface area (Å²) in [5, 5.41) is 3.32. The summed E-state index contributed by atoms with van der Waals surface area (Å²) in [5.41, 5.74) is -0.0638. The fourth-order valence-corrected chi connectivity index (χ4v) is 2.03. The van der Waals surface area contributed by atoms with E-state index in [1.165, 1.54) is 0 Å². The number of hydrogen-bond donors (Lipinski definition) is 1. The molecule has 1 N–H and O–H groups in total. The Kier molecular flexibility index (Phi) is 4.74. The molecule has 0 aromatic carbocycles. The lowest BCUT2D eigenvalue weighted by molar-refractivity contribution is -0.138. The third kappa shape index (κ3) is 3.46. The van der Waals surface area contributed by atoms with E-state index in [2.05, 4.69) is 19.2 Å². The van der Waals surface area contributed by atoms with Gasteiger partial charge < -0.3 is 15.0 Å². The molecule has 0 spiro atoms. The zero-order chi connectivity index (χ0) is 12.2. The van der Waals surface area contributed by atoms with E-state index in [-0.39, 0.29) is 17.6 Å². The maximum atomic E-state index is 12.1. The minimum absolute atomic E-state index is 0.0638. The molecule has 0 aromatic heterocycles. The quantitative estimate of drug-likeness (QED) is 0.781. The van der Waals surface area contributed by atoms with Crippen LogP contribution in [0.3, 0.4) is 0 Å². The van der Waals surface area contributed by atoms with Gasteiger partial charge >= 0.3 is 0 Å². The van der Waals surface area contributed by atoms with Gasteiger partial charge in [0.05, 0.1) is 6.10 Å². The van der Waals surface area contributed by atoms with Gasteiger partial charge in [0.2, 0.25) is 5.91 Å². The Morgan fingerprint density at radius 1 is 1.56 bits per heavy atom. The number of carbonyl (C=O) groups excluding carboxylic acids is 1. The van der Waals surface area contributed by atoms with Crippen molar-refractivity contribution in [2.24, 2.45) is 0 Å². The van der Waals surface area contributed by atoms with Crippen molar-refractivity contribution in [1.29, 1.82) is 0 Å². The Hall–Kier alpha value is -0.610. The van der Waals surface area contributed by atoms with Crippen LogP contribution in [0.4, 0.5) is 0 Å². The lowest BCUT2D eigenvalue weighted by atomic mass is 9.99. The van der Waals surface area contributed by atoms with E-state index in [0.29, 0.717) is 6.42 Å². The van der Waals surface area contributed by atoms with Gasteiger partial charge in [-0.1, -0.05) is 0 Å². The molecule has 0 saturated carbocycles. The van der Waals surface area contributed by atoms with Crippen LogP contribution in [0, 0.1) is 0 Å². The molecule has 1 aliphatic rings. The van der Waals surface area contributed by atoms with Crippen molar-refractivity contribution in [1.82, 2.24) is 10.2 Å². The van der Waals surface area contributed by atoms with Crippen LogP contribution >= 0.6 is 0 Å². The summed E-state index contributed by atoms with van der Waals surface area (Å²) in [6.45, 7) is 8.80. The summed E-state index contributed by atoms with van der Waals surface area (Å²) in [5.74, 6) is 0.246. The van der Waals surface area contributed by atoms with Crippen LogP contribution in [0.25, 0.3) is 0 Å². The molecule has 1 heterocycles. The second-order valence-corrected chi connectivity index (χ2v) is 5.12. The molecule has 16 heavy (non-hydrogen) atoms. The van der Waals surface area contributed by atoms with Crippen molar-refractivity contribution in [3.63, 3.8) is 0 Å². The lowest BCUT2D eigenvalue weighted by Crippen LogP contribution is -2.59. The Bertz CT molecular complexity index is 241. The highest BCUT2D eigenvalue weighted by Gasteiger charge is 2.32. The van der Waals surface area contributed by atoms with Crippen molar-refractivity contribution < 1.29 is 9.53 Å². The first-order valence-corrected chi connectivity index (χ1v) is 6.01. The van der Waals surface area contributed by atoms with Gasteiger partial charge in [0.25, 0.3) is 0 Å². The van der Waals surface area contributed by atoms with Gasteiger partial charge in [-0.25, -0.2) is 0 Å². The number of amides is 1. The maximum absolute atomic E-state index is 12.1. The zero-order valence-corrected chi connectivity index (χ0v) is 10.9. The largest absolute Gasteiger partial charge is 0.382 e. The number of ether oxygens (including phenoxy) is 1. The Labute approximate surface area is 98.3 Å². The van der Waals surface area contributed by atoms with Gasteiger partial charge in [0.1, 0.15) is 0 Å². The summed E-state index contributed by atoms with van der Waals surface area (Å²) < 4.78 is 5.16. The molecule has 0 bridgehead atoms. The van der Waals surface area contributed by atoms with Gasteiger partial charge in [0, 0.05) is 38.7 Å². The fourth-order valence-electron chi connectivity index (χ4n) is 2.03. The molecule has 94 valence electrons. The van der Waals surface area contributed by atoms with E-state index in [4.69, 9.17) is 4.74 Å². The van der Waals surface area contributed by atoms with Gasteiger partial charge in [0.15, 0.2) is 0 Å². The number of nitrogens with one attached hydrogen (secondary N) is 1. The minimum Gasteiger partial charge on any atom is -0.382 e. The Balaban J connectivity index is 2.46. The molecule has 1 unspecified atom stereocenters. The standard InChI is InChI=1S/C12H24N2O2/c1-10(16-4)5-6-11(15)14-8-7-13-9-12(14,2)3/h10,13H,5-9H2,1-4H3. The van der Waals surface area contributed by atoms with E-state index in [0.717, 1.165) is 26.1 Å². The summed E-state index contributed by atoms with van der Waals surface area (Å²) in [7, 11) is 1.68. The predicted octanol–water partition coefficient (Wildman–Crippen LogP) is 1.01. The van der Waals surface area contributed by atoms with E-state index in [1.54, 1.807) is 7.11 Å². The molecule has 1 amide bonds. The van der Waals surface area contributed by atoms with Gasteiger partial charge in [-0.3, -0.25) is 4.79 Å². The van der Waals surface area contributed by atoms with Crippen LogP contribution in [-0.2, 0) is 9.53 Å². The van der Waals surface area contributed by atoms with Crippen molar-refractivity contribution in [3.8, 4) is 0 Å². The van der Waals surface area contributed by atoms with Crippen LogP contribution in [-0.4, -0.2) is 49.2 Å². The molecule has 0 radical (unpaired) electrons. The van der Waals surface area contributed by atoms with E-state index in [1.807, 2.05) is 11.8 Å². The summed E-state index contributed by atoms with van der Waals surface area (Å²) in [6, 6.07) is 0. The molecule has 4 heteroatoms. The monoisotopic (exact) mass is 228 g/mol. The smallest absolute Gasteiger partial charge is 0.223 e. The van der Waals surface area contributed by atoms with E-state index < -0.39 is 0 Å². The highest BCUT2D eigenvalue weighted by Crippen LogP contribution is 2.18. The van der Waals surface area contributed by atoms with Crippen LogP contribution in [0.2, 0.25) is 0 Å². The molecule has 1 fully saturated rings. The number of nitrogens with zero attached hydrogens (tertiary/aromatic N) is 1. The molecule has 1 atom stereocenters. The van der Waals surface area contributed by atoms with Gasteiger partial charge in [-0.05, 0) is 27.2 Å². The maximum Gasteiger partial charge on any atom is 0.223 e. The van der Waals surface area contributed by atoms with Crippen molar-refractivity contribution in [2.75, 3.05) is 26.7 Å². The SMILES string of the molecule is COC(C)CCC(=O)N1CCNCC1(C)C. The van der Waals surface area contributed by atoms with Crippen LogP contribution in [0.1, 0.15) is 33.6 Å². The zero-order valence-electron chi connectivity index (χ0n) is 10.9. The third-order valence-corrected chi connectivity index (χ3v) is 3.27. The van der Waals surface area contributed by atoms with Gasteiger partial charge in [-0.2, -0.15) is 0 Å². The van der Waals surface area contributed by atoms with E-state index in [9.17, 15) is 4.79 Å². The first-order valence-electron chi connectivity index (χ1n) is 6.01. The average molecular weight is 228 g/mol. The molecule has 1 rings (SSSR count). The van der Waals surface area contributed by atoms with E-state index >= 15 is 0 Å². The number of piperazine rings is 1. The molecule has 4 nitrogen and oxygen atoms in total. The molecule has 0 aliphatic carbocycles. The van der Waals surface area contributed by atoms with Gasteiger partial charge in [-0.15, -0.1) is 0 Å². The summed E-state index contributed by atoms with van der Waals surface area (Å²) >= 11 is 0. The second-order valence-electron chi connectivity index (χ2n) is 5.12. The fraction of sp³-hybridized carbons (Fsp3) is 0.917. The normalized spacial score (nSPS) is 21.9. The molecular weight excluding hydrogens is 204 g/mol. The molecule has 1 aliphatic heterocycles. The summed E-state index contributed by atoms with van der Waals surface area (Å²) in [6.07, 6.45) is 1.54. The number of hydrogen-bond acceptors (Lipinski definition) is 3. The van der Waals surface area contributed by atoms with Crippen LogP contribution in [0.15, 0.2) is 0 Å².